The van der Waals surface area contributed by atoms with Crippen molar-refractivity contribution >= 4 is 68.0 Å². The van der Waals surface area contributed by atoms with Crippen molar-refractivity contribution < 1.29 is 9.59 Å². The summed E-state index contributed by atoms with van der Waals surface area (Å²) in [5.74, 6) is 0.466. The number of nitrogens with zero attached hydrogens (tertiary/aromatic N) is 4. The third-order valence-electron chi connectivity index (χ3n) is 4.93. The standard InChI is InChI=1S/C23H17N7O2S2/c1-24-22(32)13-2-4-14(5-3-13)27-18-9-20(25-10-16(18)23-30-29-21(11-31)34-23)28-15-6-7-17-19(8-15)33-12-26-17/h2-12H,1H3,(H,24,32)(H2,25,27,28). The van der Waals surface area contributed by atoms with Gasteiger partial charge < -0.3 is 16.0 Å². The molecule has 0 aliphatic carbocycles. The number of nitrogens with one attached hydrogen (secondary N) is 3. The molecule has 5 rings (SSSR count). The largest absolute Gasteiger partial charge is 0.355 e. The topological polar surface area (TPSA) is 122 Å². The molecular weight excluding hydrogens is 470 g/mol. The maximum absolute atomic E-state index is 11.8. The van der Waals surface area contributed by atoms with Crippen LogP contribution in [0.4, 0.5) is 22.9 Å². The number of aldehydes is 1. The summed E-state index contributed by atoms with van der Waals surface area (Å²) in [7, 11) is 1.59. The molecule has 0 saturated heterocycles. The van der Waals surface area contributed by atoms with E-state index < -0.39 is 0 Å². The normalized spacial score (nSPS) is 10.7. The van der Waals surface area contributed by atoms with Crippen molar-refractivity contribution in [1.29, 1.82) is 0 Å². The van der Waals surface area contributed by atoms with E-state index in [1.165, 1.54) is 11.3 Å². The number of rotatable bonds is 7. The lowest BCUT2D eigenvalue weighted by molar-refractivity contribution is 0.0962. The number of hydrogen-bond acceptors (Lipinski definition) is 10. The molecular formula is C23H17N7O2S2. The highest BCUT2D eigenvalue weighted by Gasteiger charge is 2.14. The van der Waals surface area contributed by atoms with Crippen LogP contribution in [0, 0.1) is 0 Å². The molecule has 5 aromatic rings. The average Bonchev–Trinajstić information content (AvgIpc) is 3.53. The van der Waals surface area contributed by atoms with Gasteiger partial charge in [-0.3, -0.25) is 9.59 Å². The predicted molar refractivity (Wildman–Crippen MR) is 135 cm³/mol. The first-order valence-electron chi connectivity index (χ1n) is 10.1. The Morgan fingerprint density at radius 3 is 2.56 bits per heavy atom. The maximum atomic E-state index is 11.8. The number of benzene rings is 2. The van der Waals surface area contributed by atoms with Gasteiger partial charge in [0.05, 0.1) is 27.0 Å². The van der Waals surface area contributed by atoms with Crippen molar-refractivity contribution in [1.82, 2.24) is 25.5 Å². The summed E-state index contributed by atoms with van der Waals surface area (Å²) >= 11 is 2.75. The van der Waals surface area contributed by atoms with Crippen molar-refractivity contribution in [3.8, 4) is 10.6 Å². The highest BCUT2D eigenvalue weighted by Crippen LogP contribution is 2.34. The first kappa shape index (κ1) is 21.6. The van der Waals surface area contributed by atoms with Gasteiger partial charge in [0.1, 0.15) is 5.82 Å². The molecule has 0 spiro atoms. The number of aromatic nitrogens is 4. The molecule has 3 N–H and O–H groups in total. The minimum Gasteiger partial charge on any atom is -0.355 e. The molecule has 0 radical (unpaired) electrons. The van der Waals surface area contributed by atoms with E-state index in [1.54, 1.807) is 36.7 Å². The highest BCUT2D eigenvalue weighted by atomic mass is 32.1. The molecule has 0 aliphatic rings. The van der Waals surface area contributed by atoms with Gasteiger partial charge in [0.2, 0.25) is 0 Å². The second-order valence-electron chi connectivity index (χ2n) is 7.12. The fourth-order valence-electron chi connectivity index (χ4n) is 3.27. The molecule has 0 saturated carbocycles. The van der Waals surface area contributed by atoms with Gasteiger partial charge in [-0.25, -0.2) is 9.97 Å². The Labute approximate surface area is 201 Å². The monoisotopic (exact) mass is 487 g/mol. The summed E-state index contributed by atoms with van der Waals surface area (Å²) in [6, 6.07) is 14.9. The van der Waals surface area contributed by atoms with Crippen LogP contribution in [0.1, 0.15) is 20.2 Å². The molecule has 0 bridgehead atoms. The fourth-order valence-corrected chi connectivity index (χ4v) is 4.67. The minimum absolute atomic E-state index is 0.157. The van der Waals surface area contributed by atoms with Crippen molar-refractivity contribution in [3.05, 3.63) is 70.8 Å². The number of thiazole rings is 1. The molecule has 1 amide bonds. The van der Waals surface area contributed by atoms with Gasteiger partial charge in [-0.15, -0.1) is 21.5 Å². The van der Waals surface area contributed by atoms with Crippen molar-refractivity contribution in [3.63, 3.8) is 0 Å². The Hall–Kier alpha value is -4.22. The second-order valence-corrected chi connectivity index (χ2v) is 9.02. The molecule has 0 aliphatic heterocycles. The molecule has 2 aromatic carbocycles. The molecule has 34 heavy (non-hydrogen) atoms. The van der Waals surface area contributed by atoms with Gasteiger partial charge in [-0.05, 0) is 42.5 Å². The van der Waals surface area contributed by atoms with Crippen LogP contribution in [0.5, 0.6) is 0 Å². The second kappa shape index (κ2) is 9.33. The lowest BCUT2D eigenvalue weighted by atomic mass is 10.1. The van der Waals surface area contributed by atoms with Crippen LogP contribution in [0.2, 0.25) is 0 Å². The maximum Gasteiger partial charge on any atom is 0.251 e. The number of anilines is 4. The Bertz CT molecular complexity index is 1500. The number of pyridine rings is 1. The number of carbonyl (C=O) groups excluding carboxylic acids is 2. The van der Waals surface area contributed by atoms with Crippen LogP contribution < -0.4 is 16.0 Å². The number of hydrogen-bond donors (Lipinski definition) is 3. The molecule has 3 heterocycles. The van der Waals surface area contributed by atoms with Gasteiger partial charge >= 0.3 is 0 Å². The van der Waals surface area contributed by atoms with E-state index in [1.807, 2.05) is 41.9 Å². The predicted octanol–water partition coefficient (Wildman–Crippen LogP) is 4.87. The lowest BCUT2D eigenvalue weighted by Crippen LogP contribution is -2.17. The van der Waals surface area contributed by atoms with E-state index in [4.69, 9.17) is 0 Å². The van der Waals surface area contributed by atoms with Crippen LogP contribution in [-0.2, 0) is 0 Å². The van der Waals surface area contributed by atoms with Crippen LogP contribution in [0.15, 0.2) is 60.2 Å². The van der Waals surface area contributed by atoms with Gasteiger partial charge in [0.15, 0.2) is 16.3 Å². The van der Waals surface area contributed by atoms with E-state index in [0.29, 0.717) is 28.2 Å². The third kappa shape index (κ3) is 4.47. The lowest BCUT2D eigenvalue weighted by Gasteiger charge is -2.13. The van der Waals surface area contributed by atoms with Crippen molar-refractivity contribution in [2.45, 2.75) is 0 Å². The molecule has 0 fully saturated rings. The highest BCUT2D eigenvalue weighted by molar-refractivity contribution is 7.16. The van der Waals surface area contributed by atoms with E-state index in [-0.39, 0.29) is 10.9 Å². The number of carbonyl (C=O) groups is 2. The van der Waals surface area contributed by atoms with Crippen molar-refractivity contribution in [2.24, 2.45) is 0 Å². The van der Waals surface area contributed by atoms with Gasteiger partial charge in [-0.2, -0.15) is 0 Å². The van der Waals surface area contributed by atoms with Gasteiger partial charge in [-0.1, -0.05) is 11.3 Å². The quantitative estimate of drug-likeness (QED) is 0.278. The summed E-state index contributed by atoms with van der Waals surface area (Å²) in [6.45, 7) is 0. The number of amides is 1. The van der Waals surface area contributed by atoms with E-state index in [9.17, 15) is 9.59 Å². The fraction of sp³-hybridized carbons (Fsp3) is 0.0435. The molecule has 0 atom stereocenters. The summed E-state index contributed by atoms with van der Waals surface area (Å²) in [5.41, 5.74) is 6.40. The molecule has 0 unspecified atom stereocenters. The van der Waals surface area contributed by atoms with E-state index in [2.05, 4.69) is 36.1 Å². The van der Waals surface area contributed by atoms with E-state index >= 15 is 0 Å². The Morgan fingerprint density at radius 2 is 1.79 bits per heavy atom. The smallest absolute Gasteiger partial charge is 0.251 e. The summed E-state index contributed by atoms with van der Waals surface area (Å²) in [5, 5.41) is 18.2. The molecule has 3 aromatic heterocycles. The first-order chi connectivity index (χ1) is 16.6. The minimum atomic E-state index is -0.157. The van der Waals surface area contributed by atoms with Crippen LogP contribution >= 0.6 is 22.7 Å². The SMILES string of the molecule is CNC(=O)c1ccc(Nc2cc(Nc3ccc4ncsc4c3)ncc2-c2nnc(C=O)s2)cc1. The van der Waals surface area contributed by atoms with Crippen LogP contribution in [0.25, 0.3) is 20.8 Å². The Morgan fingerprint density at radius 1 is 0.971 bits per heavy atom. The molecule has 11 heteroatoms. The number of fused-ring (bicyclic) bond motifs is 1. The van der Waals surface area contributed by atoms with Crippen LogP contribution in [0.3, 0.4) is 0 Å². The van der Waals surface area contributed by atoms with Gasteiger partial charge in [0, 0.05) is 36.2 Å². The van der Waals surface area contributed by atoms with E-state index in [0.717, 1.165) is 27.3 Å². The third-order valence-corrected chi connectivity index (χ3v) is 6.61. The zero-order valence-electron chi connectivity index (χ0n) is 17.8. The van der Waals surface area contributed by atoms with Crippen molar-refractivity contribution in [2.75, 3.05) is 17.7 Å². The zero-order valence-corrected chi connectivity index (χ0v) is 19.4. The summed E-state index contributed by atoms with van der Waals surface area (Å²) in [4.78, 5) is 31.8. The molecule has 9 nitrogen and oxygen atoms in total. The average molecular weight is 488 g/mol. The summed E-state index contributed by atoms with van der Waals surface area (Å²) in [6.07, 6.45) is 2.36. The Kier molecular flexibility index (Phi) is 5.93. The Balaban J connectivity index is 1.49. The first-order valence-corrected chi connectivity index (χ1v) is 11.8. The van der Waals surface area contributed by atoms with Crippen LogP contribution in [-0.4, -0.2) is 39.4 Å². The summed E-state index contributed by atoms with van der Waals surface area (Å²) < 4.78 is 1.08. The zero-order chi connectivity index (χ0) is 23.5. The van der Waals surface area contributed by atoms with Gasteiger partial charge in [0.25, 0.3) is 5.91 Å². The molecule has 168 valence electrons.